The van der Waals surface area contributed by atoms with E-state index in [1.807, 2.05) is 17.9 Å². The van der Waals surface area contributed by atoms with Gasteiger partial charge in [-0.1, -0.05) is 30.9 Å². The fourth-order valence-electron chi connectivity index (χ4n) is 9.58. The highest BCUT2D eigenvalue weighted by Crippen LogP contribution is 2.39. The Morgan fingerprint density at radius 2 is 1.72 bits per heavy atom. The largest absolute Gasteiger partial charge is 0.351 e. The highest BCUT2D eigenvalue weighted by molar-refractivity contribution is 6.33. The molecule has 2 saturated heterocycles. The Bertz CT molecular complexity index is 1940. The van der Waals surface area contributed by atoms with E-state index < -0.39 is 17.8 Å². The van der Waals surface area contributed by atoms with Crippen LogP contribution in [0.25, 0.3) is 11.3 Å². The van der Waals surface area contributed by atoms with Crippen molar-refractivity contribution in [2.24, 2.45) is 13.0 Å². The molecule has 4 fully saturated rings. The zero-order valence-electron chi connectivity index (χ0n) is 33.2. The Kier molecular flexibility index (Phi) is 12.5. The number of rotatable bonds is 16. The molecule has 2 atom stereocenters. The molecular weight excluding hydrogens is 745 g/mol. The molecule has 5 heterocycles. The number of benzene rings is 1. The molecule has 0 radical (unpaired) electrons. The lowest BCUT2D eigenvalue weighted by molar-refractivity contribution is -0.136. The van der Waals surface area contributed by atoms with E-state index in [2.05, 4.69) is 30.9 Å². The summed E-state index contributed by atoms with van der Waals surface area (Å²) < 4.78 is 16.8. The van der Waals surface area contributed by atoms with Gasteiger partial charge in [-0.05, 0) is 132 Å². The molecule has 306 valence electrons. The molecule has 2 unspecified atom stereocenters. The van der Waals surface area contributed by atoms with Gasteiger partial charge in [0.15, 0.2) is 0 Å². The van der Waals surface area contributed by atoms with E-state index in [-0.39, 0.29) is 30.7 Å². The van der Waals surface area contributed by atoms with Crippen molar-refractivity contribution < 1.29 is 18.8 Å². The first kappa shape index (κ1) is 39.9. The summed E-state index contributed by atoms with van der Waals surface area (Å²) in [6.45, 7) is 4.26. The lowest BCUT2D eigenvalue weighted by Gasteiger charge is -2.34. The molecule has 3 amide bonds. The molecule has 12 nitrogen and oxygen atoms in total. The maximum atomic E-state index is 14.9. The Morgan fingerprint density at radius 3 is 2.53 bits per heavy atom. The maximum Gasteiger partial charge on any atom is 0.255 e. The summed E-state index contributed by atoms with van der Waals surface area (Å²) in [6.07, 6.45) is 20.0. The van der Waals surface area contributed by atoms with Crippen molar-refractivity contribution >= 4 is 35.3 Å². The predicted molar refractivity (Wildman–Crippen MR) is 217 cm³/mol. The van der Waals surface area contributed by atoms with Crippen LogP contribution in [0.2, 0.25) is 5.02 Å². The number of imide groups is 1. The third-order valence-electron chi connectivity index (χ3n) is 13.0. The Balaban J connectivity index is 0.717. The molecule has 14 heteroatoms. The summed E-state index contributed by atoms with van der Waals surface area (Å²) in [5, 5.41) is 14.8. The average Bonchev–Trinajstić information content (AvgIpc) is 3.88. The normalized spacial score (nSPS) is 24.2. The number of carbonyl (C=O) groups is 3. The summed E-state index contributed by atoms with van der Waals surface area (Å²) in [6, 6.07) is 3.12. The van der Waals surface area contributed by atoms with Crippen LogP contribution >= 0.6 is 11.6 Å². The molecule has 2 aliphatic carbocycles. The van der Waals surface area contributed by atoms with Crippen molar-refractivity contribution in [3.05, 3.63) is 57.8 Å². The fraction of sp³-hybridized carbons (Fsp3) is 0.628. The number of hydrogen-bond acceptors (Lipinski definition) is 9. The van der Waals surface area contributed by atoms with Crippen LogP contribution in [0, 0.1) is 11.7 Å². The van der Waals surface area contributed by atoms with Gasteiger partial charge in [0, 0.05) is 55.5 Å². The number of anilines is 1. The molecule has 5 aliphatic rings. The van der Waals surface area contributed by atoms with Crippen LogP contribution in [0.5, 0.6) is 0 Å². The van der Waals surface area contributed by atoms with Crippen LogP contribution in [-0.2, 0) is 29.6 Å². The van der Waals surface area contributed by atoms with Crippen LogP contribution in [0.4, 0.5) is 10.3 Å². The number of halogens is 2. The Labute approximate surface area is 340 Å². The summed E-state index contributed by atoms with van der Waals surface area (Å²) >= 11 is 6.59. The second-order valence-corrected chi connectivity index (χ2v) is 17.5. The van der Waals surface area contributed by atoms with Crippen LogP contribution in [0.1, 0.15) is 129 Å². The zero-order chi connectivity index (χ0) is 39.5. The molecular formula is C43H57ClFN9O3. The van der Waals surface area contributed by atoms with Gasteiger partial charge in [0.05, 0.1) is 23.1 Å². The van der Waals surface area contributed by atoms with Gasteiger partial charge < -0.3 is 20.4 Å². The third-order valence-corrected chi connectivity index (χ3v) is 13.3. The first-order chi connectivity index (χ1) is 27.7. The van der Waals surface area contributed by atoms with Crippen LogP contribution in [0.3, 0.4) is 0 Å². The lowest BCUT2D eigenvalue weighted by atomic mass is 9.86. The first-order valence-electron chi connectivity index (χ1n) is 21.4. The minimum absolute atomic E-state index is 0.149. The summed E-state index contributed by atoms with van der Waals surface area (Å²) in [5.41, 5.74) is 5.08. The number of nitrogens with zero attached hydrogens (tertiary/aromatic N) is 6. The maximum absolute atomic E-state index is 14.9. The van der Waals surface area contributed by atoms with Gasteiger partial charge in [0.1, 0.15) is 11.9 Å². The van der Waals surface area contributed by atoms with Crippen molar-refractivity contribution in [3.8, 4) is 11.3 Å². The zero-order valence-corrected chi connectivity index (χ0v) is 34.0. The van der Waals surface area contributed by atoms with E-state index in [0.29, 0.717) is 35.0 Å². The molecule has 0 spiro atoms. The van der Waals surface area contributed by atoms with E-state index >= 15 is 0 Å². The Morgan fingerprint density at radius 1 is 0.930 bits per heavy atom. The highest BCUT2D eigenvalue weighted by atomic mass is 35.5. The van der Waals surface area contributed by atoms with Crippen molar-refractivity contribution in [2.45, 2.75) is 133 Å². The van der Waals surface area contributed by atoms with Crippen LogP contribution in [0.15, 0.2) is 24.5 Å². The molecule has 3 aliphatic heterocycles. The molecule has 2 aromatic heterocycles. The smallest absolute Gasteiger partial charge is 0.255 e. The molecule has 57 heavy (non-hydrogen) atoms. The second kappa shape index (κ2) is 17.9. The van der Waals surface area contributed by atoms with Gasteiger partial charge in [0.25, 0.3) is 5.91 Å². The molecule has 2 saturated carbocycles. The van der Waals surface area contributed by atoms with E-state index in [0.717, 1.165) is 106 Å². The van der Waals surface area contributed by atoms with E-state index in [9.17, 15) is 18.8 Å². The van der Waals surface area contributed by atoms with Gasteiger partial charge in [-0.25, -0.2) is 14.4 Å². The lowest BCUT2D eigenvalue weighted by Crippen LogP contribution is -2.52. The number of hydrogen-bond donors (Lipinski definition) is 3. The standard InChI is InChI=1S/C43H57ClFN9O3/c1-52-38(20-27-9-10-27)34(23-48-52)40-36(44)24-47-43(51-40)49-31-13-11-30(12-14-31)46-17-5-3-2-4-6-18-53-19-7-8-28(25-53)32-21-29(45)22-33-35(32)26-54(42(33)57)37-15-16-39(55)50-41(37)56/h21-24,27-28,30-31,37,46H,2-20,25-26H2,1H3,(H,47,49,51)(H,50,55,56)/t28?,30-,31-,37?. The monoisotopic (exact) mass is 801 g/mol. The van der Waals surface area contributed by atoms with Gasteiger partial charge in [0.2, 0.25) is 17.8 Å². The Hall–Kier alpha value is -3.94. The molecule has 8 rings (SSSR count). The summed E-state index contributed by atoms with van der Waals surface area (Å²) in [7, 11) is 1.99. The molecule has 0 bridgehead atoms. The summed E-state index contributed by atoms with van der Waals surface area (Å²) in [5.74, 6) is 0.0466. The van der Waals surface area contributed by atoms with Crippen molar-refractivity contribution in [1.29, 1.82) is 0 Å². The topological polar surface area (TPSA) is 137 Å². The summed E-state index contributed by atoms with van der Waals surface area (Å²) in [4.78, 5) is 51.0. The van der Waals surface area contributed by atoms with E-state index in [4.69, 9.17) is 16.6 Å². The van der Waals surface area contributed by atoms with Gasteiger partial charge in [-0.3, -0.25) is 24.4 Å². The minimum atomic E-state index is -0.699. The fourth-order valence-corrected chi connectivity index (χ4v) is 9.77. The molecule has 1 aromatic carbocycles. The number of unbranched alkanes of at least 4 members (excludes halogenated alkanes) is 4. The van der Waals surface area contributed by atoms with Crippen molar-refractivity contribution in [1.82, 2.24) is 40.2 Å². The number of carbonyl (C=O) groups excluding carboxylic acids is 3. The average molecular weight is 802 g/mol. The SMILES string of the molecule is Cn1ncc(-c2nc(N[C@H]3CC[C@H](NCCCCCCCN4CCCC(c5cc(F)cc6c5CN(C5CCC(=O)NC5=O)C6=O)C4)CC3)ncc2Cl)c1CC1CC1. The molecule has 3 aromatic rings. The number of aromatic nitrogens is 4. The number of nitrogens with one attached hydrogen (secondary N) is 3. The first-order valence-corrected chi connectivity index (χ1v) is 21.8. The third kappa shape index (κ3) is 9.52. The van der Waals surface area contributed by atoms with Crippen LogP contribution in [-0.4, -0.2) is 91.6 Å². The predicted octanol–water partition coefficient (Wildman–Crippen LogP) is 6.53. The number of aryl methyl sites for hydroxylation is 1. The number of fused-ring (bicyclic) bond motifs is 1. The van der Waals surface area contributed by atoms with Gasteiger partial charge in [-0.2, -0.15) is 5.10 Å². The highest BCUT2D eigenvalue weighted by Gasteiger charge is 2.41. The van der Waals surface area contributed by atoms with Crippen molar-refractivity contribution in [2.75, 3.05) is 31.5 Å². The van der Waals surface area contributed by atoms with E-state index in [1.54, 1.807) is 12.3 Å². The van der Waals surface area contributed by atoms with Gasteiger partial charge in [-0.15, -0.1) is 0 Å². The van der Waals surface area contributed by atoms with Crippen molar-refractivity contribution in [3.63, 3.8) is 0 Å². The number of amides is 3. The second-order valence-electron chi connectivity index (χ2n) is 17.1. The van der Waals surface area contributed by atoms with E-state index in [1.165, 1.54) is 55.2 Å². The molecule has 3 N–H and O–H groups in total. The van der Waals surface area contributed by atoms with Crippen LogP contribution < -0.4 is 16.0 Å². The minimum Gasteiger partial charge on any atom is -0.351 e. The number of likely N-dealkylation sites (tertiary alicyclic amines) is 1. The quantitative estimate of drug-likeness (QED) is 0.109. The number of piperidine rings is 2. The van der Waals surface area contributed by atoms with Gasteiger partial charge >= 0.3 is 0 Å².